The van der Waals surface area contributed by atoms with E-state index in [1.54, 1.807) is 25.2 Å². The average Bonchev–Trinajstić information content (AvgIpc) is 2.30. The third kappa shape index (κ3) is 6.42. The predicted molar refractivity (Wildman–Crippen MR) is 80.2 cm³/mol. The van der Waals surface area contributed by atoms with Crippen LogP contribution in [0.15, 0.2) is 18.2 Å². The molecule has 0 aromatic heterocycles. The lowest BCUT2D eigenvalue weighted by Gasteiger charge is -2.09. The average molecular weight is 306 g/mol. The molecule has 0 saturated carbocycles. The van der Waals surface area contributed by atoms with Gasteiger partial charge in [-0.1, -0.05) is 11.6 Å². The van der Waals surface area contributed by atoms with Crippen LogP contribution in [-0.4, -0.2) is 25.4 Å². The highest BCUT2D eigenvalue weighted by Gasteiger charge is 2.07. The van der Waals surface area contributed by atoms with Crippen LogP contribution in [0.25, 0.3) is 0 Å². The third-order valence-corrected chi connectivity index (χ3v) is 2.49. The zero-order chi connectivity index (χ0) is 13.5. The Bertz CT molecular complexity index is 453. The van der Waals surface area contributed by atoms with Gasteiger partial charge in [0.15, 0.2) is 0 Å². The highest BCUT2D eigenvalue weighted by Crippen LogP contribution is 2.25. The van der Waals surface area contributed by atoms with Gasteiger partial charge in [0.25, 0.3) is 0 Å². The zero-order valence-electron chi connectivity index (χ0n) is 10.7. The van der Waals surface area contributed by atoms with E-state index in [0.717, 1.165) is 0 Å². The van der Waals surface area contributed by atoms with Gasteiger partial charge in [-0.05, 0) is 25.2 Å². The summed E-state index contributed by atoms with van der Waals surface area (Å²) in [5.41, 5.74) is 1.08. The second-order valence-electron chi connectivity index (χ2n) is 3.78. The van der Waals surface area contributed by atoms with Crippen molar-refractivity contribution in [2.24, 2.45) is 0 Å². The van der Waals surface area contributed by atoms with E-state index in [2.05, 4.69) is 16.0 Å². The molecule has 0 fully saturated rings. The van der Waals surface area contributed by atoms with E-state index < -0.39 is 0 Å². The van der Waals surface area contributed by atoms with Crippen LogP contribution in [0.4, 0.5) is 11.4 Å². The van der Waals surface area contributed by atoms with E-state index in [4.69, 9.17) is 11.6 Å². The monoisotopic (exact) mass is 305 g/mol. The second-order valence-corrected chi connectivity index (χ2v) is 4.18. The fourth-order valence-electron chi connectivity index (χ4n) is 1.35. The molecule has 0 heterocycles. The van der Waals surface area contributed by atoms with Crippen molar-refractivity contribution in [1.29, 1.82) is 0 Å². The molecule has 106 valence electrons. The molecular weight excluding hydrogens is 289 g/mol. The molecule has 3 N–H and O–H groups in total. The number of nitrogens with one attached hydrogen (secondary N) is 3. The maximum atomic E-state index is 11.6. The summed E-state index contributed by atoms with van der Waals surface area (Å²) in [6, 6.07) is 4.93. The second kappa shape index (κ2) is 8.74. The van der Waals surface area contributed by atoms with Gasteiger partial charge in [-0.3, -0.25) is 9.59 Å². The molecule has 0 unspecified atom stereocenters. The number of anilines is 2. The van der Waals surface area contributed by atoms with Crippen molar-refractivity contribution in [1.82, 2.24) is 5.32 Å². The van der Waals surface area contributed by atoms with Gasteiger partial charge in [0, 0.05) is 25.6 Å². The largest absolute Gasteiger partial charge is 0.326 e. The summed E-state index contributed by atoms with van der Waals surface area (Å²) >= 11 is 5.97. The number of halogens is 2. The summed E-state index contributed by atoms with van der Waals surface area (Å²) in [5.74, 6) is -0.309. The number of amides is 2. The first-order chi connectivity index (χ1) is 8.52. The first kappa shape index (κ1) is 17.7. The van der Waals surface area contributed by atoms with Crippen molar-refractivity contribution < 1.29 is 9.59 Å². The van der Waals surface area contributed by atoms with E-state index in [-0.39, 0.29) is 24.2 Å². The van der Waals surface area contributed by atoms with Crippen LogP contribution in [0, 0.1) is 0 Å². The van der Waals surface area contributed by atoms with Crippen molar-refractivity contribution in [2.45, 2.75) is 13.3 Å². The summed E-state index contributed by atoms with van der Waals surface area (Å²) in [6.45, 7) is 2.01. The van der Waals surface area contributed by atoms with E-state index in [0.29, 0.717) is 29.4 Å². The van der Waals surface area contributed by atoms with Crippen LogP contribution in [0.5, 0.6) is 0 Å². The van der Waals surface area contributed by atoms with Crippen molar-refractivity contribution in [3.05, 3.63) is 23.2 Å². The van der Waals surface area contributed by atoms with Gasteiger partial charge in [0.2, 0.25) is 11.8 Å². The van der Waals surface area contributed by atoms with Crippen molar-refractivity contribution >= 4 is 47.2 Å². The lowest BCUT2D eigenvalue weighted by molar-refractivity contribution is -0.116. The van der Waals surface area contributed by atoms with Crippen LogP contribution in [0.1, 0.15) is 13.3 Å². The van der Waals surface area contributed by atoms with Crippen LogP contribution in [0.2, 0.25) is 5.02 Å². The topological polar surface area (TPSA) is 70.2 Å². The van der Waals surface area contributed by atoms with Gasteiger partial charge >= 0.3 is 0 Å². The van der Waals surface area contributed by atoms with Crippen molar-refractivity contribution in [3.8, 4) is 0 Å². The highest BCUT2D eigenvalue weighted by atomic mass is 35.5. The third-order valence-electron chi connectivity index (χ3n) is 2.16. The fourth-order valence-corrected chi connectivity index (χ4v) is 1.52. The lowest BCUT2D eigenvalue weighted by atomic mass is 10.2. The Morgan fingerprint density at radius 3 is 2.53 bits per heavy atom. The molecule has 0 saturated heterocycles. The minimum Gasteiger partial charge on any atom is -0.326 e. The molecule has 1 aromatic rings. The molecule has 0 spiro atoms. The van der Waals surface area contributed by atoms with Gasteiger partial charge in [0.05, 0.1) is 10.7 Å². The number of carbonyl (C=O) groups is 2. The molecule has 5 nitrogen and oxygen atoms in total. The first-order valence-corrected chi connectivity index (χ1v) is 5.92. The molecule has 19 heavy (non-hydrogen) atoms. The Morgan fingerprint density at radius 1 is 1.26 bits per heavy atom. The number of hydrogen-bond donors (Lipinski definition) is 3. The van der Waals surface area contributed by atoms with Gasteiger partial charge in [-0.2, -0.15) is 0 Å². The molecular formula is C12H17Cl2N3O2. The summed E-state index contributed by atoms with van der Waals surface area (Å²) in [6.07, 6.45) is 0.358. The van der Waals surface area contributed by atoms with Gasteiger partial charge in [-0.25, -0.2) is 0 Å². The predicted octanol–water partition coefficient (Wildman–Crippen LogP) is 2.27. The molecule has 0 bridgehead atoms. The lowest BCUT2D eigenvalue weighted by Crippen LogP contribution is -2.19. The Labute approximate surface area is 123 Å². The summed E-state index contributed by atoms with van der Waals surface area (Å²) in [5, 5.41) is 8.64. The number of hydrogen-bond acceptors (Lipinski definition) is 3. The number of rotatable bonds is 5. The molecule has 0 radical (unpaired) electrons. The first-order valence-electron chi connectivity index (χ1n) is 5.54. The van der Waals surface area contributed by atoms with Crippen LogP contribution >= 0.6 is 24.0 Å². The van der Waals surface area contributed by atoms with Crippen molar-refractivity contribution in [2.75, 3.05) is 24.2 Å². The zero-order valence-corrected chi connectivity index (χ0v) is 12.3. The SMILES string of the molecule is CNCCC(=O)Nc1cc(NC(C)=O)ccc1Cl.Cl. The normalized spacial score (nSPS) is 9.42. The van der Waals surface area contributed by atoms with Gasteiger partial charge < -0.3 is 16.0 Å². The maximum Gasteiger partial charge on any atom is 0.225 e. The van der Waals surface area contributed by atoms with Crippen LogP contribution in [-0.2, 0) is 9.59 Å². The number of benzene rings is 1. The molecule has 0 aliphatic carbocycles. The summed E-state index contributed by atoms with van der Waals surface area (Å²) < 4.78 is 0. The van der Waals surface area contributed by atoms with Crippen molar-refractivity contribution in [3.63, 3.8) is 0 Å². The minimum atomic E-state index is -0.176. The van der Waals surface area contributed by atoms with Crippen LogP contribution < -0.4 is 16.0 Å². The minimum absolute atomic E-state index is 0. The van der Waals surface area contributed by atoms with E-state index in [1.165, 1.54) is 6.92 Å². The highest BCUT2D eigenvalue weighted by molar-refractivity contribution is 6.33. The van der Waals surface area contributed by atoms with E-state index in [1.807, 2.05) is 0 Å². The van der Waals surface area contributed by atoms with E-state index in [9.17, 15) is 9.59 Å². The quantitative estimate of drug-likeness (QED) is 0.781. The number of carbonyl (C=O) groups excluding carboxylic acids is 2. The smallest absolute Gasteiger partial charge is 0.225 e. The molecule has 0 aliphatic rings. The summed E-state index contributed by atoms with van der Waals surface area (Å²) in [7, 11) is 1.78. The van der Waals surface area contributed by atoms with Crippen LogP contribution in [0.3, 0.4) is 0 Å². The van der Waals surface area contributed by atoms with E-state index >= 15 is 0 Å². The Balaban J connectivity index is 0.00000324. The molecule has 7 heteroatoms. The Hall–Kier alpha value is -1.30. The summed E-state index contributed by atoms with van der Waals surface area (Å²) in [4.78, 5) is 22.5. The standard InChI is InChI=1S/C12H16ClN3O2.ClH/c1-8(17)15-9-3-4-10(13)11(7-9)16-12(18)5-6-14-2;/h3-4,7,14H,5-6H2,1-2H3,(H,15,17)(H,16,18);1H. The Morgan fingerprint density at radius 2 is 1.95 bits per heavy atom. The molecule has 0 aliphatic heterocycles. The van der Waals surface area contributed by atoms with Gasteiger partial charge in [-0.15, -0.1) is 12.4 Å². The molecule has 0 atom stereocenters. The Kier molecular flexibility index (Phi) is 8.14. The molecule has 2 amide bonds. The molecule has 1 aromatic carbocycles. The fraction of sp³-hybridized carbons (Fsp3) is 0.333. The molecule has 1 rings (SSSR count). The van der Waals surface area contributed by atoms with Gasteiger partial charge in [0.1, 0.15) is 0 Å². The maximum absolute atomic E-state index is 11.6.